The first kappa shape index (κ1) is 18.3. The number of halogens is 1. The maximum absolute atomic E-state index is 10.8. The summed E-state index contributed by atoms with van der Waals surface area (Å²) in [5, 5.41) is 17.7. The molecule has 2 aromatic heterocycles. The lowest BCUT2D eigenvalue weighted by Gasteiger charge is -2.23. The van der Waals surface area contributed by atoms with E-state index < -0.39 is 6.16 Å². The summed E-state index contributed by atoms with van der Waals surface area (Å²) in [7, 11) is 0. The average molecular weight is 399 g/mol. The number of imidazole rings is 1. The molecular weight excluding hydrogens is 380 g/mol. The second-order valence-corrected chi connectivity index (χ2v) is 7.58. The van der Waals surface area contributed by atoms with E-state index in [-0.39, 0.29) is 11.8 Å². The first-order valence-electron chi connectivity index (χ1n) is 8.92. The van der Waals surface area contributed by atoms with Gasteiger partial charge in [-0.25, -0.2) is 9.78 Å². The molecule has 0 saturated carbocycles. The summed E-state index contributed by atoms with van der Waals surface area (Å²) < 4.78 is 6.83. The molecule has 0 spiro atoms. The molecule has 2 heterocycles. The minimum absolute atomic E-state index is 0.0158. The van der Waals surface area contributed by atoms with Gasteiger partial charge in [0.2, 0.25) is 0 Å². The number of aromatic nitrogens is 4. The minimum atomic E-state index is -1.35. The standard InChI is InChI=1S/C20H19ClN4O3/c1-11(2)5-18(15-7-13(21)6-12-9-23-24-19(12)15)25-10-22-16-8-14(28-20(26)27)3-4-17(16)25/h3-4,6-11,18H,5H2,1-2H3,(H,23,24)(H,26,27). The normalized spacial score (nSPS) is 12.7. The summed E-state index contributed by atoms with van der Waals surface area (Å²) in [4.78, 5) is 15.2. The zero-order valence-electron chi connectivity index (χ0n) is 15.4. The van der Waals surface area contributed by atoms with E-state index in [2.05, 4.69) is 33.6 Å². The summed E-state index contributed by atoms with van der Waals surface area (Å²) in [5.41, 5.74) is 3.54. The number of aromatic amines is 1. The molecule has 1 atom stereocenters. The van der Waals surface area contributed by atoms with Crippen molar-refractivity contribution in [2.45, 2.75) is 26.3 Å². The van der Waals surface area contributed by atoms with Gasteiger partial charge in [0.15, 0.2) is 0 Å². The highest BCUT2D eigenvalue weighted by Gasteiger charge is 2.22. The van der Waals surface area contributed by atoms with E-state index in [0.29, 0.717) is 16.5 Å². The molecule has 8 heteroatoms. The Balaban J connectivity index is 1.86. The first-order valence-corrected chi connectivity index (χ1v) is 9.30. The molecular formula is C20H19ClN4O3. The number of nitrogens with one attached hydrogen (secondary N) is 1. The summed E-state index contributed by atoms with van der Waals surface area (Å²) in [6.45, 7) is 4.33. The van der Waals surface area contributed by atoms with Crippen LogP contribution in [0.1, 0.15) is 31.9 Å². The third kappa shape index (κ3) is 3.41. The summed E-state index contributed by atoms with van der Waals surface area (Å²) in [6.07, 6.45) is 3.05. The molecule has 1 unspecified atom stereocenters. The molecule has 0 amide bonds. The van der Waals surface area contributed by atoms with Gasteiger partial charge in [0, 0.05) is 22.0 Å². The van der Waals surface area contributed by atoms with Crippen LogP contribution in [0.2, 0.25) is 5.02 Å². The van der Waals surface area contributed by atoms with Crippen LogP contribution in [0.3, 0.4) is 0 Å². The Morgan fingerprint density at radius 1 is 1.32 bits per heavy atom. The largest absolute Gasteiger partial charge is 0.511 e. The van der Waals surface area contributed by atoms with Crippen LogP contribution in [-0.2, 0) is 0 Å². The van der Waals surface area contributed by atoms with E-state index in [9.17, 15) is 4.79 Å². The van der Waals surface area contributed by atoms with Crippen LogP contribution < -0.4 is 4.74 Å². The minimum Gasteiger partial charge on any atom is -0.449 e. The predicted octanol–water partition coefficient (Wildman–Crippen LogP) is 5.26. The lowest BCUT2D eigenvalue weighted by molar-refractivity contribution is 0.144. The van der Waals surface area contributed by atoms with Gasteiger partial charge in [-0.2, -0.15) is 5.10 Å². The Bertz CT molecular complexity index is 1160. The summed E-state index contributed by atoms with van der Waals surface area (Å²) >= 11 is 6.37. The Kier molecular flexibility index (Phi) is 4.68. The van der Waals surface area contributed by atoms with Crippen LogP contribution in [0.15, 0.2) is 42.9 Å². The number of carbonyl (C=O) groups is 1. The lowest BCUT2D eigenvalue weighted by Crippen LogP contribution is -2.13. The highest BCUT2D eigenvalue weighted by Crippen LogP contribution is 2.35. The van der Waals surface area contributed by atoms with Crippen molar-refractivity contribution in [3.05, 3.63) is 53.4 Å². The van der Waals surface area contributed by atoms with Gasteiger partial charge in [-0.1, -0.05) is 25.4 Å². The van der Waals surface area contributed by atoms with Crippen LogP contribution >= 0.6 is 11.6 Å². The van der Waals surface area contributed by atoms with Crippen molar-refractivity contribution in [1.29, 1.82) is 0 Å². The van der Waals surface area contributed by atoms with E-state index in [1.807, 2.05) is 18.2 Å². The van der Waals surface area contributed by atoms with E-state index in [4.69, 9.17) is 21.4 Å². The molecule has 0 radical (unpaired) electrons. The van der Waals surface area contributed by atoms with Crippen LogP contribution in [0, 0.1) is 5.92 Å². The molecule has 0 aliphatic rings. The van der Waals surface area contributed by atoms with Crippen LogP contribution in [0.5, 0.6) is 5.75 Å². The lowest BCUT2D eigenvalue weighted by atomic mass is 9.95. The number of hydrogen-bond donors (Lipinski definition) is 2. The maximum atomic E-state index is 10.8. The Morgan fingerprint density at radius 2 is 2.14 bits per heavy atom. The zero-order valence-corrected chi connectivity index (χ0v) is 16.1. The number of benzene rings is 2. The molecule has 0 fully saturated rings. The van der Waals surface area contributed by atoms with Crippen molar-refractivity contribution < 1.29 is 14.6 Å². The fourth-order valence-corrected chi connectivity index (χ4v) is 3.81. The van der Waals surface area contributed by atoms with Gasteiger partial charge in [-0.05, 0) is 36.6 Å². The van der Waals surface area contributed by atoms with Crippen molar-refractivity contribution in [1.82, 2.24) is 19.7 Å². The SMILES string of the molecule is CC(C)CC(c1cc(Cl)cc2cn[nH]c12)n1cnc2cc(OC(=O)O)ccc21. The second kappa shape index (κ2) is 7.16. The molecule has 144 valence electrons. The monoisotopic (exact) mass is 398 g/mol. The number of fused-ring (bicyclic) bond motifs is 2. The molecule has 4 aromatic rings. The Morgan fingerprint density at radius 3 is 2.89 bits per heavy atom. The number of carboxylic acid groups (broad SMARTS) is 1. The summed E-state index contributed by atoms with van der Waals surface area (Å²) in [5.74, 6) is 0.665. The van der Waals surface area contributed by atoms with Crippen molar-refractivity contribution in [2.75, 3.05) is 0 Å². The van der Waals surface area contributed by atoms with Crippen molar-refractivity contribution >= 4 is 39.7 Å². The van der Waals surface area contributed by atoms with Crippen LogP contribution in [-0.4, -0.2) is 31.0 Å². The molecule has 28 heavy (non-hydrogen) atoms. The van der Waals surface area contributed by atoms with Crippen LogP contribution in [0.4, 0.5) is 4.79 Å². The number of nitrogens with zero attached hydrogens (tertiary/aromatic N) is 3. The number of hydrogen-bond acceptors (Lipinski definition) is 4. The quantitative estimate of drug-likeness (QED) is 0.353. The van der Waals surface area contributed by atoms with Crippen molar-refractivity contribution in [3.63, 3.8) is 0 Å². The third-order valence-corrected chi connectivity index (χ3v) is 4.90. The second-order valence-electron chi connectivity index (χ2n) is 7.14. The Labute approximate surface area is 165 Å². The fraction of sp³-hybridized carbons (Fsp3) is 0.250. The van der Waals surface area contributed by atoms with Gasteiger partial charge < -0.3 is 14.4 Å². The van der Waals surface area contributed by atoms with E-state index in [1.54, 1.807) is 24.7 Å². The van der Waals surface area contributed by atoms with E-state index >= 15 is 0 Å². The fourth-order valence-electron chi connectivity index (χ4n) is 3.57. The number of rotatable bonds is 5. The van der Waals surface area contributed by atoms with Gasteiger partial charge in [0.1, 0.15) is 5.75 Å². The maximum Gasteiger partial charge on any atom is 0.511 e. The average Bonchev–Trinajstić information content (AvgIpc) is 3.24. The predicted molar refractivity (Wildman–Crippen MR) is 107 cm³/mol. The smallest absolute Gasteiger partial charge is 0.449 e. The van der Waals surface area contributed by atoms with E-state index in [0.717, 1.165) is 28.4 Å². The van der Waals surface area contributed by atoms with Crippen molar-refractivity contribution in [2.24, 2.45) is 5.92 Å². The third-order valence-electron chi connectivity index (χ3n) is 4.68. The topological polar surface area (TPSA) is 93.0 Å². The molecule has 0 bridgehead atoms. The number of H-pyrrole nitrogens is 1. The van der Waals surface area contributed by atoms with Gasteiger partial charge in [-0.15, -0.1) is 0 Å². The molecule has 0 aliphatic carbocycles. The molecule has 0 saturated heterocycles. The summed E-state index contributed by atoms with van der Waals surface area (Å²) in [6, 6.07) is 8.91. The van der Waals surface area contributed by atoms with Gasteiger partial charge in [0.05, 0.1) is 35.1 Å². The molecule has 2 N–H and O–H groups in total. The number of ether oxygens (including phenoxy) is 1. The molecule has 4 rings (SSSR count). The highest BCUT2D eigenvalue weighted by molar-refractivity contribution is 6.31. The van der Waals surface area contributed by atoms with E-state index in [1.165, 1.54) is 0 Å². The Hall–Kier alpha value is -3.06. The highest BCUT2D eigenvalue weighted by atomic mass is 35.5. The van der Waals surface area contributed by atoms with Crippen molar-refractivity contribution in [3.8, 4) is 5.75 Å². The zero-order chi connectivity index (χ0) is 19.8. The molecule has 7 nitrogen and oxygen atoms in total. The van der Waals surface area contributed by atoms with Crippen LogP contribution in [0.25, 0.3) is 21.9 Å². The van der Waals surface area contributed by atoms with Gasteiger partial charge in [0.25, 0.3) is 0 Å². The van der Waals surface area contributed by atoms with Gasteiger partial charge in [-0.3, -0.25) is 5.10 Å². The molecule has 2 aromatic carbocycles. The van der Waals surface area contributed by atoms with Gasteiger partial charge >= 0.3 is 6.16 Å². The molecule has 0 aliphatic heterocycles. The first-order chi connectivity index (χ1) is 13.4.